The monoisotopic (exact) mass is 418 g/mol. The third-order valence-corrected chi connectivity index (χ3v) is 6.96. The number of fused-ring (bicyclic) bond motifs is 2. The van der Waals surface area contributed by atoms with E-state index in [4.69, 9.17) is 0 Å². The van der Waals surface area contributed by atoms with Gasteiger partial charge in [0.2, 0.25) is 0 Å². The van der Waals surface area contributed by atoms with Crippen molar-refractivity contribution in [1.29, 1.82) is 0 Å². The highest BCUT2D eigenvalue weighted by Gasteiger charge is 2.31. The Kier molecular flexibility index (Phi) is 5.18. The van der Waals surface area contributed by atoms with E-state index >= 15 is 0 Å². The zero-order valence-electron chi connectivity index (χ0n) is 18.4. The number of anilines is 1. The lowest BCUT2D eigenvalue weighted by Crippen LogP contribution is -2.43. The van der Waals surface area contributed by atoms with E-state index in [2.05, 4.69) is 15.2 Å². The fraction of sp³-hybridized carbons (Fsp3) is 0.440. The van der Waals surface area contributed by atoms with Crippen LogP contribution in [0.25, 0.3) is 11.6 Å². The van der Waals surface area contributed by atoms with Crippen LogP contribution in [-0.2, 0) is 11.2 Å². The van der Waals surface area contributed by atoms with Gasteiger partial charge in [-0.3, -0.25) is 9.59 Å². The summed E-state index contributed by atoms with van der Waals surface area (Å²) in [6, 6.07) is 5.90. The van der Waals surface area contributed by atoms with Gasteiger partial charge in [0.15, 0.2) is 0 Å². The smallest absolute Gasteiger partial charge is 0.256 e. The summed E-state index contributed by atoms with van der Waals surface area (Å²) in [5.41, 5.74) is 7.11. The number of nitrogens with zero attached hydrogens (tertiary/aromatic N) is 2. The number of hydrogen-bond acceptors (Lipinski definition) is 3. The SMILES string of the molecule is Cc1cccc2c1/C(=C/c1[nH]c3c(c1C)C(=O)N(CCN1CCCCC1)CC3)C(=O)N2. The zero-order chi connectivity index (χ0) is 21.5. The normalized spacial score (nSPS) is 20.2. The first-order valence-electron chi connectivity index (χ1n) is 11.4. The average molecular weight is 419 g/mol. The Morgan fingerprint density at radius 2 is 1.81 bits per heavy atom. The van der Waals surface area contributed by atoms with Gasteiger partial charge in [-0.05, 0) is 63.0 Å². The molecule has 1 aromatic carbocycles. The first-order chi connectivity index (χ1) is 15.0. The van der Waals surface area contributed by atoms with Gasteiger partial charge < -0.3 is 20.1 Å². The predicted octanol–water partition coefficient (Wildman–Crippen LogP) is 3.61. The summed E-state index contributed by atoms with van der Waals surface area (Å²) >= 11 is 0. The van der Waals surface area contributed by atoms with E-state index in [1.807, 2.05) is 43.0 Å². The minimum absolute atomic E-state index is 0.0919. The molecule has 1 saturated heterocycles. The molecule has 0 unspecified atom stereocenters. The third-order valence-electron chi connectivity index (χ3n) is 6.96. The summed E-state index contributed by atoms with van der Waals surface area (Å²) in [6.45, 7) is 8.79. The molecule has 2 amide bonds. The van der Waals surface area contributed by atoms with Crippen molar-refractivity contribution >= 4 is 29.2 Å². The molecule has 162 valence electrons. The van der Waals surface area contributed by atoms with Crippen LogP contribution < -0.4 is 5.32 Å². The molecule has 2 N–H and O–H groups in total. The topological polar surface area (TPSA) is 68.4 Å². The molecule has 31 heavy (non-hydrogen) atoms. The van der Waals surface area contributed by atoms with Crippen molar-refractivity contribution in [2.75, 3.05) is 38.0 Å². The van der Waals surface area contributed by atoms with Crippen LogP contribution >= 0.6 is 0 Å². The van der Waals surface area contributed by atoms with Crippen molar-refractivity contribution in [2.24, 2.45) is 0 Å². The number of nitrogens with one attached hydrogen (secondary N) is 2. The predicted molar refractivity (Wildman–Crippen MR) is 123 cm³/mol. The number of aromatic amines is 1. The number of H-pyrrole nitrogens is 1. The molecule has 1 aromatic heterocycles. The van der Waals surface area contributed by atoms with Gasteiger partial charge in [0, 0.05) is 48.7 Å². The summed E-state index contributed by atoms with van der Waals surface area (Å²) in [6.07, 6.45) is 6.60. The van der Waals surface area contributed by atoms with Crippen LogP contribution in [-0.4, -0.2) is 59.3 Å². The number of carbonyl (C=O) groups is 2. The highest BCUT2D eigenvalue weighted by Crippen LogP contribution is 2.36. The maximum atomic E-state index is 13.3. The molecular weight excluding hydrogens is 388 g/mol. The quantitative estimate of drug-likeness (QED) is 0.746. The molecule has 5 rings (SSSR count). The van der Waals surface area contributed by atoms with Crippen LogP contribution in [0, 0.1) is 13.8 Å². The Hall–Kier alpha value is -2.86. The first-order valence-corrected chi connectivity index (χ1v) is 11.4. The van der Waals surface area contributed by atoms with Crippen LogP contribution in [0.15, 0.2) is 18.2 Å². The summed E-state index contributed by atoms with van der Waals surface area (Å²) in [4.78, 5) is 33.8. The van der Waals surface area contributed by atoms with Gasteiger partial charge >= 0.3 is 0 Å². The van der Waals surface area contributed by atoms with Crippen LogP contribution in [0.5, 0.6) is 0 Å². The molecule has 0 spiro atoms. The number of amides is 2. The van der Waals surface area contributed by atoms with Gasteiger partial charge in [0.25, 0.3) is 11.8 Å². The van der Waals surface area contributed by atoms with Crippen molar-refractivity contribution in [3.8, 4) is 0 Å². The van der Waals surface area contributed by atoms with Crippen molar-refractivity contribution in [2.45, 2.75) is 39.5 Å². The van der Waals surface area contributed by atoms with E-state index in [1.165, 1.54) is 19.3 Å². The number of piperidine rings is 1. The molecule has 4 heterocycles. The van der Waals surface area contributed by atoms with Gasteiger partial charge in [-0.25, -0.2) is 0 Å². The molecule has 1 fully saturated rings. The number of aromatic nitrogens is 1. The Bertz CT molecular complexity index is 1080. The number of rotatable bonds is 4. The summed E-state index contributed by atoms with van der Waals surface area (Å²) in [5.74, 6) is 0.0230. The van der Waals surface area contributed by atoms with Crippen molar-refractivity contribution in [3.05, 3.63) is 51.8 Å². The van der Waals surface area contributed by atoms with Gasteiger partial charge in [-0.15, -0.1) is 0 Å². The minimum Gasteiger partial charge on any atom is -0.358 e. The lowest BCUT2D eigenvalue weighted by molar-refractivity contribution is -0.110. The highest BCUT2D eigenvalue weighted by atomic mass is 16.2. The van der Waals surface area contributed by atoms with Crippen LogP contribution in [0.2, 0.25) is 0 Å². The van der Waals surface area contributed by atoms with Crippen LogP contribution in [0.4, 0.5) is 5.69 Å². The van der Waals surface area contributed by atoms with Crippen LogP contribution in [0.3, 0.4) is 0 Å². The average Bonchev–Trinajstić information content (AvgIpc) is 3.26. The molecule has 0 radical (unpaired) electrons. The number of carbonyl (C=O) groups excluding carboxylic acids is 2. The second-order valence-electron chi connectivity index (χ2n) is 8.97. The Labute approximate surface area is 183 Å². The van der Waals surface area contributed by atoms with E-state index in [0.29, 0.717) is 5.57 Å². The number of hydrogen-bond donors (Lipinski definition) is 2. The van der Waals surface area contributed by atoms with E-state index in [0.717, 1.165) is 78.5 Å². The van der Waals surface area contributed by atoms with Gasteiger partial charge in [-0.2, -0.15) is 0 Å². The lowest BCUT2D eigenvalue weighted by Gasteiger charge is -2.32. The van der Waals surface area contributed by atoms with Gasteiger partial charge in [0.1, 0.15) is 0 Å². The molecule has 0 bridgehead atoms. The molecule has 0 aliphatic carbocycles. The Balaban J connectivity index is 1.40. The maximum Gasteiger partial charge on any atom is 0.256 e. The molecule has 0 saturated carbocycles. The molecule has 6 heteroatoms. The largest absolute Gasteiger partial charge is 0.358 e. The number of benzene rings is 1. The van der Waals surface area contributed by atoms with Crippen molar-refractivity contribution in [1.82, 2.24) is 14.8 Å². The molecule has 0 atom stereocenters. The van der Waals surface area contributed by atoms with Crippen molar-refractivity contribution in [3.63, 3.8) is 0 Å². The van der Waals surface area contributed by atoms with Gasteiger partial charge in [-0.1, -0.05) is 18.6 Å². The second kappa shape index (κ2) is 8.00. The van der Waals surface area contributed by atoms with Crippen LogP contribution in [0.1, 0.15) is 57.7 Å². The molecule has 2 aromatic rings. The summed E-state index contributed by atoms with van der Waals surface area (Å²) in [5, 5.41) is 2.95. The number of aryl methyl sites for hydroxylation is 1. The van der Waals surface area contributed by atoms with Crippen molar-refractivity contribution < 1.29 is 9.59 Å². The third kappa shape index (κ3) is 3.59. The zero-order valence-corrected chi connectivity index (χ0v) is 18.4. The Morgan fingerprint density at radius 1 is 1.00 bits per heavy atom. The van der Waals surface area contributed by atoms with Gasteiger partial charge in [0.05, 0.1) is 11.1 Å². The number of likely N-dealkylation sites (tertiary alicyclic amines) is 1. The standard InChI is InChI=1S/C25H30N4O2/c1-16-7-6-8-19-22(16)18(24(30)27-19)15-21-17(2)23-20(26-21)9-12-29(25(23)31)14-13-28-10-4-3-5-11-28/h6-8,15,26H,3-5,9-14H2,1-2H3,(H,27,30)/b18-15-. The first kappa shape index (κ1) is 20.1. The van der Waals surface area contributed by atoms with E-state index in [9.17, 15) is 9.59 Å². The van der Waals surface area contributed by atoms with E-state index in [1.54, 1.807) is 0 Å². The summed E-state index contributed by atoms with van der Waals surface area (Å²) < 4.78 is 0. The van der Waals surface area contributed by atoms with E-state index in [-0.39, 0.29) is 11.8 Å². The maximum absolute atomic E-state index is 13.3. The highest BCUT2D eigenvalue weighted by molar-refractivity contribution is 6.35. The fourth-order valence-corrected chi connectivity index (χ4v) is 5.18. The molecule has 3 aliphatic rings. The molecule has 3 aliphatic heterocycles. The summed E-state index contributed by atoms with van der Waals surface area (Å²) in [7, 11) is 0. The second-order valence-corrected chi connectivity index (χ2v) is 8.97. The van der Waals surface area contributed by atoms with E-state index < -0.39 is 0 Å². The molecule has 6 nitrogen and oxygen atoms in total. The lowest BCUT2D eigenvalue weighted by atomic mass is 9.99. The Morgan fingerprint density at radius 3 is 2.61 bits per heavy atom. The molecular formula is C25H30N4O2. The fourth-order valence-electron chi connectivity index (χ4n) is 5.18. The minimum atomic E-state index is -0.0919.